The Balaban J connectivity index is 2.02. The van der Waals surface area contributed by atoms with E-state index >= 15 is 0 Å². The molecule has 0 spiro atoms. The molecule has 3 rings (SSSR count). The van der Waals surface area contributed by atoms with Crippen LogP contribution in [0.25, 0.3) is 10.8 Å². The molecule has 0 nitrogen and oxygen atoms in total. The molecule has 87 valence electrons. The van der Waals surface area contributed by atoms with Gasteiger partial charge < -0.3 is 0 Å². The van der Waals surface area contributed by atoms with E-state index in [0.29, 0.717) is 0 Å². The molecule has 0 aliphatic rings. The Morgan fingerprint density at radius 2 is 1.72 bits per heavy atom. The SMILES string of the molecule is Cc1ccc(Cc2cccc3[c]cccc23)cc1. The summed E-state index contributed by atoms with van der Waals surface area (Å²) in [6.45, 7) is 2.12. The average Bonchev–Trinajstić information content (AvgIpc) is 2.42. The van der Waals surface area contributed by atoms with Crippen molar-refractivity contribution in [2.45, 2.75) is 13.3 Å². The van der Waals surface area contributed by atoms with Gasteiger partial charge in [-0.2, -0.15) is 0 Å². The summed E-state index contributed by atoms with van der Waals surface area (Å²) in [5, 5.41) is 2.50. The normalized spacial score (nSPS) is 10.7. The maximum absolute atomic E-state index is 3.29. The van der Waals surface area contributed by atoms with Gasteiger partial charge in [0.25, 0.3) is 0 Å². The van der Waals surface area contributed by atoms with E-state index in [1.54, 1.807) is 0 Å². The highest BCUT2D eigenvalue weighted by Crippen LogP contribution is 2.21. The largest absolute Gasteiger partial charge is 0.0613 e. The number of aryl methyl sites for hydroxylation is 1. The summed E-state index contributed by atoms with van der Waals surface area (Å²) in [6, 6.07) is 24.7. The van der Waals surface area contributed by atoms with Crippen LogP contribution < -0.4 is 0 Å². The highest BCUT2D eigenvalue weighted by molar-refractivity contribution is 5.85. The van der Waals surface area contributed by atoms with Gasteiger partial charge in [0.1, 0.15) is 0 Å². The maximum atomic E-state index is 3.29. The topological polar surface area (TPSA) is 0 Å². The Labute approximate surface area is 108 Å². The summed E-state index contributed by atoms with van der Waals surface area (Å²) in [7, 11) is 0. The predicted molar refractivity (Wildman–Crippen MR) is 76.8 cm³/mol. The molecule has 3 aromatic carbocycles. The first-order valence-corrected chi connectivity index (χ1v) is 6.27. The van der Waals surface area contributed by atoms with E-state index in [1.807, 2.05) is 6.07 Å². The van der Waals surface area contributed by atoms with Crippen LogP contribution in [0.3, 0.4) is 0 Å². The zero-order chi connectivity index (χ0) is 12.4. The minimum atomic E-state index is 0.982. The van der Waals surface area contributed by atoms with E-state index < -0.39 is 0 Å². The van der Waals surface area contributed by atoms with Gasteiger partial charge in [-0.3, -0.25) is 0 Å². The second kappa shape index (κ2) is 4.66. The fourth-order valence-electron chi connectivity index (χ4n) is 2.30. The molecule has 3 aromatic rings. The molecule has 0 heterocycles. The summed E-state index contributed by atoms with van der Waals surface area (Å²) in [5.41, 5.74) is 4.04. The quantitative estimate of drug-likeness (QED) is 0.607. The monoisotopic (exact) mass is 231 g/mol. The molecule has 0 aliphatic heterocycles. The highest BCUT2D eigenvalue weighted by atomic mass is 14.1. The molecule has 18 heavy (non-hydrogen) atoms. The standard InChI is InChI=1S/C18H15/c1-14-9-11-15(12-10-14)13-17-7-4-6-16-5-2-3-8-18(16)17/h2-4,6-12H,13H2,1H3. The van der Waals surface area contributed by atoms with Crippen molar-refractivity contribution in [1.29, 1.82) is 0 Å². The van der Waals surface area contributed by atoms with Gasteiger partial charge in [0.05, 0.1) is 0 Å². The number of benzene rings is 3. The number of hydrogen-bond acceptors (Lipinski definition) is 0. The minimum absolute atomic E-state index is 0.982. The van der Waals surface area contributed by atoms with Gasteiger partial charge in [0.2, 0.25) is 0 Å². The van der Waals surface area contributed by atoms with Gasteiger partial charge >= 0.3 is 0 Å². The first-order valence-electron chi connectivity index (χ1n) is 6.27. The molecule has 0 unspecified atom stereocenters. The van der Waals surface area contributed by atoms with E-state index in [1.165, 1.54) is 27.5 Å². The summed E-state index contributed by atoms with van der Waals surface area (Å²) in [5.74, 6) is 0. The molecule has 0 amide bonds. The molecule has 1 radical (unpaired) electrons. The molecule has 0 saturated heterocycles. The summed E-state index contributed by atoms with van der Waals surface area (Å²) in [6.07, 6.45) is 0.982. The Morgan fingerprint density at radius 3 is 2.56 bits per heavy atom. The lowest BCUT2D eigenvalue weighted by molar-refractivity contribution is 1.21. The van der Waals surface area contributed by atoms with E-state index in [-0.39, 0.29) is 0 Å². The van der Waals surface area contributed by atoms with E-state index in [0.717, 1.165) is 6.42 Å². The Morgan fingerprint density at radius 1 is 0.889 bits per heavy atom. The Hall–Kier alpha value is -2.08. The lowest BCUT2D eigenvalue weighted by Crippen LogP contribution is -1.90. The van der Waals surface area contributed by atoms with E-state index in [9.17, 15) is 0 Å². The van der Waals surface area contributed by atoms with Crippen molar-refractivity contribution in [3.63, 3.8) is 0 Å². The predicted octanol–water partition coefficient (Wildman–Crippen LogP) is 4.54. The van der Waals surface area contributed by atoms with Crippen LogP contribution in [0.5, 0.6) is 0 Å². The summed E-state index contributed by atoms with van der Waals surface area (Å²) >= 11 is 0. The lowest BCUT2D eigenvalue weighted by atomic mass is 9.98. The fourth-order valence-corrected chi connectivity index (χ4v) is 2.30. The first-order chi connectivity index (χ1) is 8.83. The van der Waals surface area contributed by atoms with Gasteiger partial charge in [-0.25, -0.2) is 0 Å². The van der Waals surface area contributed by atoms with Gasteiger partial charge in [0.15, 0.2) is 0 Å². The lowest BCUT2D eigenvalue weighted by Gasteiger charge is -2.06. The highest BCUT2D eigenvalue weighted by Gasteiger charge is 2.01. The molecular weight excluding hydrogens is 216 g/mol. The van der Waals surface area contributed by atoms with E-state index in [4.69, 9.17) is 0 Å². The molecule has 0 saturated carbocycles. The maximum Gasteiger partial charge on any atom is -0.00196 e. The second-order valence-corrected chi connectivity index (χ2v) is 4.71. The van der Waals surface area contributed by atoms with Crippen molar-refractivity contribution in [1.82, 2.24) is 0 Å². The smallest absolute Gasteiger partial charge is 0.00196 e. The number of rotatable bonds is 2. The van der Waals surface area contributed by atoms with Gasteiger partial charge in [-0.15, -0.1) is 0 Å². The van der Waals surface area contributed by atoms with Crippen molar-refractivity contribution in [3.8, 4) is 0 Å². The zero-order valence-corrected chi connectivity index (χ0v) is 10.5. The van der Waals surface area contributed by atoms with E-state index in [2.05, 4.69) is 67.6 Å². The van der Waals surface area contributed by atoms with Crippen molar-refractivity contribution in [2.75, 3.05) is 0 Å². The van der Waals surface area contributed by atoms with Crippen LogP contribution in [0, 0.1) is 13.0 Å². The second-order valence-electron chi connectivity index (χ2n) is 4.71. The summed E-state index contributed by atoms with van der Waals surface area (Å²) < 4.78 is 0. The number of hydrogen-bond donors (Lipinski definition) is 0. The van der Waals surface area contributed by atoms with Gasteiger partial charge in [-0.05, 0) is 41.3 Å². The van der Waals surface area contributed by atoms with Crippen molar-refractivity contribution in [2.24, 2.45) is 0 Å². The minimum Gasteiger partial charge on any atom is -0.0613 e. The Bertz CT molecular complexity index is 658. The molecule has 0 aliphatic carbocycles. The molecule has 0 aromatic heterocycles. The fraction of sp³-hybridized carbons (Fsp3) is 0.111. The Kier molecular flexibility index (Phi) is 2.85. The third-order valence-electron chi connectivity index (χ3n) is 3.31. The van der Waals surface area contributed by atoms with Crippen molar-refractivity contribution >= 4 is 10.8 Å². The molecule has 0 fully saturated rings. The van der Waals surface area contributed by atoms with Crippen LogP contribution in [0.15, 0.2) is 60.7 Å². The van der Waals surface area contributed by atoms with Crippen molar-refractivity contribution in [3.05, 3.63) is 83.4 Å². The summed E-state index contributed by atoms with van der Waals surface area (Å²) in [4.78, 5) is 0. The first kappa shape index (κ1) is 11.0. The van der Waals surface area contributed by atoms with Gasteiger partial charge in [0, 0.05) is 0 Å². The molecule has 0 heteroatoms. The van der Waals surface area contributed by atoms with Crippen LogP contribution in [0.1, 0.15) is 16.7 Å². The third-order valence-corrected chi connectivity index (χ3v) is 3.31. The molecule has 0 bridgehead atoms. The molecular formula is C18H15. The molecule has 0 atom stereocenters. The van der Waals surface area contributed by atoms with Crippen molar-refractivity contribution < 1.29 is 0 Å². The van der Waals surface area contributed by atoms with Crippen LogP contribution in [-0.2, 0) is 6.42 Å². The van der Waals surface area contributed by atoms with Crippen LogP contribution in [-0.4, -0.2) is 0 Å². The molecule has 0 N–H and O–H groups in total. The third kappa shape index (κ3) is 2.14. The van der Waals surface area contributed by atoms with Crippen LogP contribution in [0.4, 0.5) is 0 Å². The van der Waals surface area contributed by atoms with Crippen LogP contribution in [0.2, 0.25) is 0 Å². The average molecular weight is 231 g/mol. The number of fused-ring (bicyclic) bond motifs is 1. The zero-order valence-electron chi connectivity index (χ0n) is 10.5. The van der Waals surface area contributed by atoms with Gasteiger partial charge in [-0.1, -0.05) is 66.2 Å². The van der Waals surface area contributed by atoms with Crippen LogP contribution >= 0.6 is 0 Å².